The third-order valence-electron chi connectivity index (χ3n) is 2.40. The van der Waals surface area contributed by atoms with Crippen molar-refractivity contribution in [2.24, 2.45) is 0 Å². The van der Waals surface area contributed by atoms with E-state index in [-0.39, 0.29) is 0 Å². The topological polar surface area (TPSA) is 39.1 Å². The number of aromatic nitrogens is 2. The standard InChI is InChI=1S/C12H13Cl2N3O/c1-18-7-5-16-12-15-4-6-17(12)11-3-2-9(13)8-10(11)14/h2-4,6,8H,5,7H2,1H3,(H,15,16). The summed E-state index contributed by atoms with van der Waals surface area (Å²) in [6, 6.07) is 5.35. The summed E-state index contributed by atoms with van der Waals surface area (Å²) in [5.74, 6) is 0.719. The number of benzene rings is 1. The van der Waals surface area contributed by atoms with Crippen molar-refractivity contribution in [3.8, 4) is 5.69 Å². The number of methoxy groups -OCH3 is 1. The number of rotatable bonds is 5. The van der Waals surface area contributed by atoms with Crippen LogP contribution in [0.1, 0.15) is 0 Å². The molecule has 2 aromatic rings. The molecule has 96 valence electrons. The lowest BCUT2D eigenvalue weighted by Crippen LogP contribution is -2.11. The zero-order valence-electron chi connectivity index (χ0n) is 9.86. The maximum atomic E-state index is 6.17. The number of nitrogens with one attached hydrogen (secondary N) is 1. The van der Waals surface area contributed by atoms with Gasteiger partial charge in [0.15, 0.2) is 0 Å². The summed E-state index contributed by atoms with van der Waals surface area (Å²) in [6.07, 6.45) is 3.55. The van der Waals surface area contributed by atoms with Crippen LogP contribution in [-0.4, -0.2) is 29.8 Å². The van der Waals surface area contributed by atoms with Gasteiger partial charge in [0.1, 0.15) is 0 Å². The first kappa shape index (κ1) is 13.2. The number of ether oxygens (including phenoxy) is 1. The quantitative estimate of drug-likeness (QED) is 0.858. The largest absolute Gasteiger partial charge is 0.383 e. The van der Waals surface area contributed by atoms with E-state index in [4.69, 9.17) is 27.9 Å². The van der Waals surface area contributed by atoms with Crippen molar-refractivity contribution in [3.05, 3.63) is 40.6 Å². The van der Waals surface area contributed by atoms with E-state index in [0.29, 0.717) is 23.2 Å². The molecular weight excluding hydrogens is 273 g/mol. The van der Waals surface area contributed by atoms with E-state index in [1.807, 2.05) is 16.8 Å². The van der Waals surface area contributed by atoms with Crippen LogP contribution in [0, 0.1) is 0 Å². The molecule has 18 heavy (non-hydrogen) atoms. The summed E-state index contributed by atoms with van der Waals surface area (Å²) >= 11 is 12.0. The molecule has 0 unspecified atom stereocenters. The summed E-state index contributed by atoms with van der Waals surface area (Å²) < 4.78 is 6.85. The minimum Gasteiger partial charge on any atom is -0.383 e. The molecule has 1 N–H and O–H groups in total. The molecule has 1 heterocycles. The van der Waals surface area contributed by atoms with E-state index < -0.39 is 0 Å². The predicted molar refractivity (Wildman–Crippen MR) is 73.9 cm³/mol. The van der Waals surface area contributed by atoms with Gasteiger partial charge in [0.2, 0.25) is 5.95 Å². The van der Waals surface area contributed by atoms with Gasteiger partial charge >= 0.3 is 0 Å². The van der Waals surface area contributed by atoms with E-state index in [1.54, 1.807) is 25.4 Å². The highest BCUT2D eigenvalue weighted by Crippen LogP contribution is 2.26. The van der Waals surface area contributed by atoms with E-state index in [0.717, 1.165) is 11.6 Å². The van der Waals surface area contributed by atoms with E-state index in [1.165, 1.54) is 0 Å². The molecule has 0 atom stereocenters. The molecule has 0 spiro atoms. The molecule has 0 aliphatic carbocycles. The number of hydrogen-bond donors (Lipinski definition) is 1. The number of nitrogens with zero attached hydrogens (tertiary/aromatic N) is 2. The molecular formula is C12H13Cl2N3O. The minimum absolute atomic E-state index is 0.579. The van der Waals surface area contributed by atoms with Crippen molar-refractivity contribution in [1.82, 2.24) is 9.55 Å². The van der Waals surface area contributed by atoms with Crippen molar-refractivity contribution in [2.75, 3.05) is 25.6 Å². The fourth-order valence-corrected chi connectivity index (χ4v) is 2.07. The van der Waals surface area contributed by atoms with E-state index in [9.17, 15) is 0 Å². The van der Waals surface area contributed by atoms with Crippen molar-refractivity contribution >= 4 is 29.2 Å². The molecule has 0 radical (unpaired) electrons. The van der Waals surface area contributed by atoms with Crippen LogP contribution in [0.15, 0.2) is 30.6 Å². The van der Waals surface area contributed by atoms with Crippen LogP contribution in [-0.2, 0) is 4.74 Å². The molecule has 0 bridgehead atoms. The van der Waals surface area contributed by atoms with Crippen molar-refractivity contribution < 1.29 is 4.74 Å². The molecule has 0 saturated heterocycles. The Bertz CT molecular complexity index is 528. The summed E-state index contributed by atoms with van der Waals surface area (Å²) in [7, 11) is 1.66. The first-order valence-electron chi connectivity index (χ1n) is 5.44. The summed E-state index contributed by atoms with van der Waals surface area (Å²) in [4.78, 5) is 4.23. The number of imidazole rings is 1. The van der Waals surface area contributed by atoms with Gasteiger partial charge < -0.3 is 10.1 Å². The van der Waals surface area contributed by atoms with Gasteiger partial charge in [-0.1, -0.05) is 23.2 Å². The monoisotopic (exact) mass is 285 g/mol. The zero-order valence-corrected chi connectivity index (χ0v) is 11.4. The fraction of sp³-hybridized carbons (Fsp3) is 0.250. The Morgan fingerprint density at radius 3 is 2.94 bits per heavy atom. The summed E-state index contributed by atoms with van der Waals surface area (Å²) in [6.45, 7) is 1.29. The van der Waals surface area contributed by atoms with Crippen LogP contribution < -0.4 is 5.32 Å². The van der Waals surface area contributed by atoms with Crippen molar-refractivity contribution in [1.29, 1.82) is 0 Å². The average molecular weight is 286 g/mol. The minimum atomic E-state index is 0.579. The van der Waals surface area contributed by atoms with Crippen molar-refractivity contribution in [3.63, 3.8) is 0 Å². The van der Waals surface area contributed by atoms with Gasteiger partial charge in [-0.15, -0.1) is 0 Å². The molecule has 0 fully saturated rings. The molecule has 6 heteroatoms. The van der Waals surface area contributed by atoms with Crippen LogP contribution in [0.5, 0.6) is 0 Å². The number of anilines is 1. The van der Waals surface area contributed by atoms with Gasteiger partial charge in [0.25, 0.3) is 0 Å². The highest BCUT2D eigenvalue weighted by atomic mass is 35.5. The Labute approximate surface area is 115 Å². The van der Waals surface area contributed by atoms with E-state index >= 15 is 0 Å². The Morgan fingerprint density at radius 2 is 2.22 bits per heavy atom. The highest BCUT2D eigenvalue weighted by molar-refractivity contribution is 6.35. The van der Waals surface area contributed by atoms with Crippen LogP contribution in [0.25, 0.3) is 5.69 Å². The van der Waals surface area contributed by atoms with Gasteiger partial charge in [-0.2, -0.15) is 0 Å². The third-order valence-corrected chi connectivity index (χ3v) is 2.94. The van der Waals surface area contributed by atoms with Crippen molar-refractivity contribution in [2.45, 2.75) is 0 Å². The maximum absolute atomic E-state index is 6.17. The Balaban J connectivity index is 2.25. The van der Waals surface area contributed by atoms with E-state index in [2.05, 4.69) is 10.3 Å². The number of halogens is 2. The van der Waals surface area contributed by atoms with Crippen LogP contribution in [0.3, 0.4) is 0 Å². The average Bonchev–Trinajstić information content (AvgIpc) is 2.78. The van der Waals surface area contributed by atoms with Gasteiger partial charge in [-0.25, -0.2) is 4.98 Å². The third kappa shape index (κ3) is 2.96. The molecule has 0 amide bonds. The molecule has 0 saturated carbocycles. The summed E-state index contributed by atoms with van der Waals surface area (Å²) in [5.41, 5.74) is 0.832. The second-order valence-corrected chi connectivity index (χ2v) is 4.48. The lowest BCUT2D eigenvalue weighted by Gasteiger charge is -2.11. The molecule has 0 aliphatic rings. The lowest BCUT2D eigenvalue weighted by molar-refractivity contribution is 0.210. The van der Waals surface area contributed by atoms with Crippen LogP contribution >= 0.6 is 23.2 Å². The predicted octanol–water partition coefficient (Wildman–Crippen LogP) is 3.24. The Morgan fingerprint density at radius 1 is 1.39 bits per heavy atom. The highest BCUT2D eigenvalue weighted by Gasteiger charge is 2.08. The second-order valence-electron chi connectivity index (χ2n) is 3.64. The first-order valence-corrected chi connectivity index (χ1v) is 6.19. The van der Waals surface area contributed by atoms with Gasteiger partial charge in [-0.05, 0) is 18.2 Å². The molecule has 0 aliphatic heterocycles. The lowest BCUT2D eigenvalue weighted by atomic mass is 10.3. The molecule has 1 aromatic heterocycles. The normalized spacial score (nSPS) is 10.6. The SMILES string of the molecule is COCCNc1nccn1-c1ccc(Cl)cc1Cl. The molecule has 1 aromatic carbocycles. The molecule has 4 nitrogen and oxygen atoms in total. The fourth-order valence-electron chi connectivity index (χ4n) is 1.57. The smallest absolute Gasteiger partial charge is 0.207 e. The van der Waals surface area contributed by atoms with Gasteiger partial charge in [-0.3, -0.25) is 4.57 Å². The maximum Gasteiger partial charge on any atom is 0.207 e. The first-order chi connectivity index (χ1) is 8.72. The molecule has 2 rings (SSSR count). The summed E-state index contributed by atoms with van der Waals surface area (Å²) in [5, 5.41) is 4.36. The van der Waals surface area contributed by atoms with Crippen LogP contribution in [0.2, 0.25) is 10.0 Å². The number of hydrogen-bond acceptors (Lipinski definition) is 3. The zero-order chi connectivity index (χ0) is 13.0. The Kier molecular flexibility index (Phi) is 4.47. The van der Waals surface area contributed by atoms with Crippen LogP contribution in [0.4, 0.5) is 5.95 Å². The van der Waals surface area contributed by atoms with Gasteiger partial charge in [0, 0.05) is 31.1 Å². The Hall–Kier alpha value is -1.23. The van der Waals surface area contributed by atoms with Gasteiger partial charge in [0.05, 0.1) is 17.3 Å². The second kappa shape index (κ2) is 6.09.